The second-order valence-corrected chi connectivity index (χ2v) is 7.81. The molecule has 1 aliphatic rings. The molecule has 0 aliphatic carbocycles. The van der Waals surface area contributed by atoms with Crippen LogP contribution in [0.1, 0.15) is 16.5 Å². The summed E-state index contributed by atoms with van der Waals surface area (Å²) in [4.78, 5) is 56.8. The van der Waals surface area contributed by atoms with Crippen LogP contribution in [0, 0.1) is 0 Å². The highest BCUT2D eigenvalue weighted by molar-refractivity contribution is 7.10. The van der Waals surface area contributed by atoms with E-state index in [-0.39, 0.29) is 23.6 Å². The van der Waals surface area contributed by atoms with Gasteiger partial charge in [-0.1, -0.05) is 0 Å². The summed E-state index contributed by atoms with van der Waals surface area (Å²) in [7, 11) is 4.18. The molecular weight excluding hydrogens is 398 g/mol. The van der Waals surface area contributed by atoms with Crippen molar-refractivity contribution in [3.63, 3.8) is 0 Å². The second kappa shape index (κ2) is 6.99. The minimum Gasteiger partial charge on any atom is -0.467 e. The van der Waals surface area contributed by atoms with E-state index >= 15 is 0 Å². The Morgan fingerprint density at radius 2 is 2.03 bits per heavy atom. The van der Waals surface area contributed by atoms with Gasteiger partial charge in [0.2, 0.25) is 5.91 Å². The molecule has 0 saturated carbocycles. The van der Waals surface area contributed by atoms with Gasteiger partial charge in [0.1, 0.15) is 6.54 Å². The van der Waals surface area contributed by atoms with Gasteiger partial charge in [-0.05, 0) is 23.4 Å². The number of nitrogens with zero attached hydrogens (tertiary/aromatic N) is 5. The minimum atomic E-state index is -0.815. The Hall–Kier alpha value is -3.21. The second-order valence-electron chi connectivity index (χ2n) is 6.81. The molecule has 11 heteroatoms. The van der Waals surface area contributed by atoms with Gasteiger partial charge in [-0.2, -0.15) is 0 Å². The molecule has 4 heterocycles. The van der Waals surface area contributed by atoms with Crippen molar-refractivity contribution in [2.45, 2.75) is 19.0 Å². The molecule has 1 amide bonds. The summed E-state index contributed by atoms with van der Waals surface area (Å²) in [6.45, 7) is 0.187. The lowest BCUT2D eigenvalue weighted by atomic mass is 10.00. The number of aromatic nitrogens is 4. The predicted octanol–water partition coefficient (Wildman–Crippen LogP) is -0.206. The number of fused-ring (bicyclic) bond motifs is 2. The molecule has 1 unspecified atom stereocenters. The van der Waals surface area contributed by atoms with Gasteiger partial charge in [0.05, 0.1) is 13.4 Å². The molecule has 0 N–H and O–H groups in total. The molecule has 0 spiro atoms. The number of carbonyl (C=O) groups excluding carboxylic acids is 2. The number of imidazole rings is 1. The fraction of sp³-hybridized carbons (Fsp3) is 0.389. The summed E-state index contributed by atoms with van der Waals surface area (Å²) < 4.78 is 8.57. The molecular formula is C18H19N5O5S. The van der Waals surface area contributed by atoms with Crippen LogP contribution in [0.15, 0.2) is 27.4 Å². The van der Waals surface area contributed by atoms with Gasteiger partial charge in [-0.15, -0.1) is 11.3 Å². The summed E-state index contributed by atoms with van der Waals surface area (Å²) >= 11 is 1.55. The number of aryl methyl sites for hydroxylation is 1. The molecule has 152 valence electrons. The fourth-order valence-corrected chi connectivity index (χ4v) is 4.61. The van der Waals surface area contributed by atoms with Crippen molar-refractivity contribution in [3.05, 3.63) is 49.1 Å². The van der Waals surface area contributed by atoms with Crippen LogP contribution in [-0.2, 0) is 41.4 Å². The Morgan fingerprint density at radius 1 is 1.28 bits per heavy atom. The molecule has 29 heavy (non-hydrogen) atoms. The number of carbonyl (C=O) groups is 2. The Balaban J connectivity index is 1.72. The lowest BCUT2D eigenvalue weighted by Gasteiger charge is -2.34. The number of hydrogen-bond acceptors (Lipinski definition) is 7. The van der Waals surface area contributed by atoms with Crippen LogP contribution in [0.2, 0.25) is 0 Å². The largest absolute Gasteiger partial charge is 0.467 e. The van der Waals surface area contributed by atoms with Gasteiger partial charge >= 0.3 is 11.7 Å². The maximum absolute atomic E-state index is 13.1. The van der Waals surface area contributed by atoms with E-state index in [0.717, 1.165) is 15.0 Å². The molecule has 0 fully saturated rings. The third-order valence-corrected chi connectivity index (χ3v) is 6.23. The number of ether oxygens (including phenoxy) is 1. The van der Waals surface area contributed by atoms with Crippen LogP contribution in [0.4, 0.5) is 0 Å². The minimum absolute atomic E-state index is 0.158. The lowest BCUT2D eigenvalue weighted by Crippen LogP contribution is -2.45. The fourth-order valence-electron chi connectivity index (χ4n) is 3.70. The Kier molecular flexibility index (Phi) is 4.61. The van der Waals surface area contributed by atoms with E-state index in [1.165, 1.54) is 41.6 Å². The summed E-state index contributed by atoms with van der Waals surface area (Å²) in [6, 6.07) is 1.02. The van der Waals surface area contributed by atoms with Crippen LogP contribution in [-0.4, -0.2) is 49.1 Å². The van der Waals surface area contributed by atoms with Crippen molar-refractivity contribution in [3.8, 4) is 0 Å². The SMILES string of the molecule is COC(=O)C1c2ccsc2CCN1C(=O)Cn1cnc2c1c(=O)n(C)c(=O)n2C. The summed E-state index contributed by atoms with van der Waals surface area (Å²) in [5, 5.41) is 1.89. The maximum Gasteiger partial charge on any atom is 0.333 e. The van der Waals surface area contributed by atoms with Crippen molar-refractivity contribution >= 4 is 34.4 Å². The summed E-state index contributed by atoms with van der Waals surface area (Å²) in [5.41, 5.74) is 0.109. The molecule has 4 rings (SSSR count). The van der Waals surface area contributed by atoms with E-state index in [1.807, 2.05) is 11.4 Å². The van der Waals surface area contributed by atoms with Crippen molar-refractivity contribution in [2.24, 2.45) is 14.1 Å². The first-order chi connectivity index (χ1) is 13.8. The standard InChI is InChI=1S/C18H19N5O5S/c1-20-15-14(16(25)21(2)18(20)27)22(9-19-15)8-12(24)23-6-4-11-10(5-7-29-11)13(23)17(26)28-3/h5,7,9,13H,4,6,8H2,1-3H3. The maximum atomic E-state index is 13.1. The number of methoxy groups -OCH3 is 1. The third-order valence-electron chi connectivity index (χ3n) is 5.23. The molecule has 0 saturated heterocycles. The zero-order valence-corrected chi connectivity index (χ0v) is 16.9. The Bertz CT molecular complexity index is 1250. The van der Waals surface area contributed by atoms with Crippen LogP contribution in [0.25, 0.3) is 11.2 Å². The topological polar surface area (TPSA) is 108 Å². The highest BCUT2D eigenvalue weighted by Gasteiger charge is 2.37. The molecule has 0 bridgehead atoms. The molecule has 1 atom stereocenters. The Labute approximate surface area is 168 Å². The zero-order valence-electron chi connectivity index (χ0n) is 16.1. The smallest absolute Gasteiger partial charge is 0.333 e. The van der Waals surface area contributed by atoms with E-state index in [2.05, 4.69) is 4.98 Å². The van der Waals surface area contributed by atoms with E-state index < -0.39 is 23.3 Å². The molecule has 0 aromatic carbocycles. The van der Waals surface area contributed by atoms with Crippen molar-refractivity contribution in [2.75, 3.05) is 13.7 Å². The van der Waals surface area contributed by atoms with Gasteiger partial charge < -0.3 is 14.2 Å². The van der Waals surface area contributed by atoms with Crippen LogP contribution in [0.5, 0.6) is 0 Å². The zero-order chi connectivity index (χ0) is 20.9. The van der Waals surface area contributed by atoms with Crippen LogP contribution < -0.4 is 11.2 Å². The number of hydrogen-bond donors (Lipinski definition) is 0. The number of esters is 1. The first-order valence-corrected chi connectivity index (χ1v) is 9.77. The molecule has 0 radical (unpaired) electrons. The third kappa shape index (κ3) is 2.89. The molecule has 3 aromatic heterocycles. The van der Waals surface area contributed by atoms with Crippen LogP contribution in [0.3, 0.4) is 0 Å². The monoisotopic (exact) mass is 417 g/mol. The highest BCUT2D eigenvalue weighted by Crippen LogP contribution is 2.34. The number of thiophene rings is 1. The summed E-state index contributed by atoms with van der Waals surface area (Å²) in [6.07, 6.45) is 2.00. The van der Waals surface area contributed by atoms with Crippen molar-refractivity contribution in [1.29, 1.82) is 0 Å². The van der Waals surface area contributed by atoms with E-state index in [9.17, 15) is 19.2 Å². The molecule has 1 aliphatic heterocycles. The van der Waals surface area contributed by atoms with E-state index in [0.29, 0.717) is 13.0 Å². The predicted molar refractivity (Wildman–Crippen MR) is 105 cm³/mol. The quantitative estimate of drug-likeness (QED) is 0.546. The van der Waals surface area contributed by atoms with Crippen molar-refractivity contribution < 1.29 is 14.3 Å². The number of rotatable bonds is 3. The Morgan fingerprint density at radius 3 is 2.76 bits per heavy atom. The molecule has 3 aromatic rings. The van der Waals surface area contributed by atoms with Gasteiger partial charge in [-0.3, -0.25) is 18.7 Å². The van der Waals surface area contributed by atoms with Crippen molar-refractivity contribution in [1.82, 2.24) is 23.6 Å². The average Bonchev–Trinajstić information content (AvgIpc) is 3.36. The highest BCUT2D eigenvalue weighted by atomic mass is 32.1. The van der Waals surface area contributed by atoms with Gasteiger partial charge in [0.15, 0.2) is 17.2 Å². The average molecular weight is 417 g/mol. The van der Waals surface area contributed by atoms with Crippen LogP contribution >= 0.6 is 11.3 Å². The van der Waals surface area contributed by atoms with Gasteiger partial charge in [-0.25, -0.2) is 14.6 Å². The molecule has 10 nitrogen and oxygen atoms in total. The van der Waals surface area contributed by atoms with E-state index in [4.69, 9.17) is 4.74 Å². The first-order valence-electron chi connectivity index (χ1n) is 8.89. The summed E-state index contributed by atoms with van der Waals surface area (Å²) in [5.74, 6) is -0.848. The van der Waals surface area contributed by atoms with Gasteiger partial charge in [0, 0.05) is 25.5 Å². The van der Waals surface area contributed by atoms with Gasteiger partial charge in [0.25, 0.3) is 5.56 Å². The first kappa shape index (κ1) is 19.1. The lowest BCUT2D eigenvalue weighted by molar-refractivity contribution is -0.154. The van der Waals surface area contributed by atoms with E-state index in [1.54, 1.807) is 11.3 Å². The number of amides is 1. The normalized spacial score (nSPS) is 16.1.